The molecule has 2 atom stereocenters. The summed E-state index contributed by atoms with van der Waals surface area (Å²) in [4.78, 5) is 6.91. The number of rotatable bonds is 3. The second-order valence-corrected chi connectivity index (χ2v) is 5.82. The molecule has 1 aliphatic heterocycles. The van der Waals surface area contributed by atoms with Crippen LogP contribution in [0.3, 0.4) is 0 Å². The Morgan fingerprint density at radius 3 is 2.53 bits per heavy atom. The largest absolute Gasteiger partial charge is 0.297 e. The van der Waals surface area contributed by atoms with Crippen LogP contribution in [0.25, 0.3) is 0 Å². The van der Waals surface area contributed by atoms with Gasteiger partial charge in [0.1, 0.15) is 0 Å². The molecular formula is C15H24N2. The summed E-state index contributed by atoms with van der Waals surface area (Å²) in [5.41, 5.74) is 1.40. The zero-order chi connectivity index (χ0) is 12.4. The van der Waals surface area contributed by atoms with E-state index in [1.165, 1.54) is 18.5 Å². The molecule has 2 rings (SSSR count). The van der Waals surface area contributed by atoms with Crippen molar-refractivity contribution >= 4 is 0 Å². The fourth-order valence-electron chi connectivity index (χ4n) is 3.00. The molecule has 0 bridgehead atoms. The van der Waals surface area contributed by atoms with E-state index in [-0.39, 0.29) is 0 Å². The minimum atomic E-state index is 0.643. The summed E-state index contributed by atoms with van der Waals surface area (Å²) >= 11 is 0. The molecule has 2 heterocycles. The lowest BCUT2D eigenvalue weighted by atomic mass is 9.93. The van der Waals surface area contributed by atoms with E-state index in [1.807, 2.05) is 12.4 Å². The second kappa shape index (κ2) is 5.18. The highest BCUT2D eigenvalue weighted by Gasteiger charge is 2.35. The van der Waals surface area contributed by atoms with Crippen molar-refractivity contribution in [2.75, 3.05) is 6.54 Å². The predicted octanol–water partition coefficient (Wildman–Crippen LogP) is 3.30. The van der Waals surface area contributed by atoms with E-state index in [0.717, 1.165) is 12.0 Å². The molecule has 1 saturated heterocycles. The SMILES string of the molecule is CC(C)C1CC(c2cccnc2)CN1C(C)C. The summed E-state index contributed by atoms with van der Waals surface area (Å²) < 4.78 is 0. The van der Waals surface area contributed by atoms with E-state index < -0.39 is 0 Å². The van der Waals surface area contributed by atoms with Crippen LogP contribution < -0.4 is 0 Å². The third-order valence-electron chi connectivity index (χ3n) is 3.97. The van der Waals surface area contributed by atoms with Gasteiger partial charge in [-0.3, -0.25) is 9.88 Å². The Morgan fingerprint density at radius 1 is 1.29 bits per heavy atom. The van der Waals surface area contributed by atoms with E-state index in [9.17, 15) is 0 Å². The number of likely N-dealkylation sites (tertiary alicyclic amines) is 1. The highest BCUT2D eigenvalue weighted by atomic mass is 15.2. The van der Waals surface area contributed by atoms with Crippen molar-refractivity contribution in [3.63, 3.8) is 0 Å². The lowest BCUT2D eigenvalue weighted by Gasteiger charge is -2.30. The lowest BCUT2D eigenvalue weighted by Crippen LogP contribution is -2.38. The fraction of sp³-hybridized carbons (Fsp3) is 0.667. The minimum absolute atomic E-state index is 0.643. The first-order valence-corrected chi connectivity index (χ1v) is 6.75. The molecule has 0 spiro atoms. The van der Waals surface area contributed by atoms with Crippen molar-refractivity contribution in [1.29, 1.82) is 0 Å². The van der Waals surface area contributed by atoms with Crippen molar-refractivity contribution in [2.24, 2.45) is 5.92 Å². The monoisotopic (exact) mass is 232 g/mol. The van der Waals surface area contributed by atoms with Crippen LogP contribution in [0.2, 0.25) is 0 Å². The Morgan fingerprint density at radius 2 is 2.06 bits per heavy atom. The van der Waals surface area contributed by atoms with Gasteiger partial charge in [-0.15, -0.1) is 0 Å². The molecule has 0 amide bonds. The Labute approximate surface area is 105 Å². The van der Waals surface area contributed by atoms with Gasteiger partial charge in [0, 0.05) is 31.0 Å². The highest BCUT2D eigenvalue weighted by Crippen LogP contribution is 2.35. The predicted molar refractivity (Wildman–Crippen MR) is 72.1 cm³/mol. The van der Waals surface area contributed by atoms with Gasteiger partial charge in [0.15, 0.2) is 0 Å². The topological polar surface area (TPSA) is 16.1 Å². The molecule has 0 radical (unpaired) electrons. The highest BCUT2D eigenvalue weighted by molar-refractivity contribution is 5.18. The normalized spacial score (nSPS) is 26.0. The number of hydrogen-bond acceptors (Lipinski definition) is 2. The van der Waals surface area contributed by atoms with E-state index >= 15 is 0 Å². The van der Waals surface area contributed by atoms with Crippen LogP contribution in [-0.2, 0) is 0 Å². The van der Waals surface area contributed by atoms with Crippen LogP contribution in [0.5, 0.6) is 0 Å². The minimum Gasteiger partial charge on any atom is -0.297 e. The van der Waals surface area contributed by atoms with Gasteiger partial charge in [-0.05, 0) is 43.7 Å². The molecule has 2 unspecified atom stereocenters. The lowest BCUT2D eigenvalue weighted by molar-refractivity contribution is 0.165. The number of nitrogens with zero attached hydrogens (tertiary/aromatic N) is 2. The quantitative estimate of drug-likeness (QED) is 0.795. The van der Waals surface area contributed by atoms with E-state index in [0.29, 0.717) is 12.0 Å². The first-order valence-electron chi connectivity index (χ1n) is 6.75. The summed E-state index contributed by atoms with van der Waals surface area (Å²) in [6.07, 6.45) is 5.17. The summed E-state index contributed by atoms with van der Waals surface area (Å²) in [6, 6.07) is 5.64. The molecule has 0 N–H and O–H groups in total. The average molecular weight is 232 g/mol. The van der Waals surface area contributed by atoms with Crippen molar-refractivity contribution in [3.8, 4) is 0 Å². The Kier molecular flexibility index (Phi) is 3.82. The van der Waals surface area contributed by atoms with Gasteiger partial charge in [-0.1, -0.05) is 19.9 Å². The van der Waals surface area contributed by atoms with Gasteiger partial charge in [0.2, 0.25) is 0 Å². The van der Waals surface area contributed by atoms with Gasteiger partial charge >= 0.3 is 0 Å². The molecule has 0 aliphatic carbocycles. The van der Waals surface area contributed by atoms with Gasteiger partial charge in [-0.25, -0.2) is 0 Å². The maximum Gasteiger partial charge on any atom is 0.0303 e. The third kappa shape index (κ3) is 2.68. The number of hydrogen-bond donors (Lipinski definition) is 0. The van der Waals surface area contributed by atoms with Crippen LogP contribution in [0.15, 0.2) is 24.5 Å². The Balaban J connectivity index is 2.14. The Bertz CT molecular complexity index is 329. The van der Waals surface area contributed by atoms with Crippen LogP contribution in [0.1, 0.15) is 45.6 Å². The van der Waals surface area contributed by atoms with E-state index in [2.05, 4.69) is 49.7 Å². The van der Waals surface area contributed by atoms with Crippen LogP contribution in [0.4, 0.5) is 0 Å². The molecule has 1 aromatic rings. The van der Waals surface area contributed by atoms with Crippen molar-refractivity contribution < 1.29 is 0 Å². The van der Waals surface area contributed by atoms with E-state index in [4.69, 9.17) is 0 Å². The molecule has 0 saturated carbocycles. The zero-order valence-electron chi connectivity index (χ0n) is 11.4. The summed E-state index contributed by atoms with van der Waals surface area (Å²) in [6.45, 7) is 10.5. The maximum absolute atomic E-state index is 4.25. The Hall–Kier alpha value is -0.890. The maximum atomic E-state index is 4.25. The van der Waals surface area contributed by atoms with Crippen LogP contribution >= 0.6 is 0 Å². The first-order chi connectivity index (χ1) is 8.09. The number of aromatic nitrogens is 1. The smallest absolute Gasteiger partial charge is 0.0303 e. The van der Waals surface area contributed by atoms with Crippen LogP contribution in [0, 0.1) is 5.92 Å². The molecule has 1 aromatic heterocycles. The van der Waals surface area contributed by atoms with Gasteiger partial charge in [0.05, 0.1) is 0 Å². The third-order valence-corrected chi connectivity index (χ3v) is 3.97. The summed E-state index contributed by atoms with van der Waals surface area (Å²) in [5.74, 6) is 1.40. The van der Waals surface area contributed by atoms with Gasteiger partial charge in [0.25, 0.3) is 0 Å². The molecule has 1 fully saturated rings. The van der Waals surface area contributed by atoms with E-state index in [1.54, 1.807) is 0 Å². The summed E-state index contributed by atoms with van der Waals surface area (Å²) in [7, 11) is 0. The summed E-state index contributed by atoms with van der Waals surface area (Å²) in [5, 5.41) is 0. The van der Waals surface area contributed by atoms with Gasteiger partial charge < -0.3 is 0 Å². The average Bonchev–Trinajstić information content (AvgIpc) is 2.75. The van der Waals surface area contributed by atoms with Crippen LogP contribution in [-0.4, -0.2) is 28.5 Å². The molecule has 1 aliphatic rings. The van der Waals surface area contributed by atoms with Crippen molar-refractivity contribution in [1.82, 2.24) is 9.88 Å². The molecule has 94 valence electrons. The zero-order valence-corrected chi connectivity index (χ0v) is 11.4. The molecule has 2 nitrogen and oxygen atoms in total. The molecule has 2 heteroatoms. The standard InChI is InChI=1S/C15H24N2/c1-11(2)15-8-14(10-17(15)12(3)4)13-6-5-7-16-9-13/h5-7,9,11-12,14-15H,8,10H2,1-4H3. The van der Waals surface area contributed by atoms with Crippen molar-refractivity contribution in [2.45, 2.75) is 52.1 Å². The number of pyridine rings is 1. The first kappa shape index (κ1) is 12.6. The second-order valence-electron chi connectivity index (χ2n) is 5.82. The van der Waals surface area contributed by atoms with Gasteiger partial charge in [-0.2, -0.15) is 0 Å². The fourth-order valence-corrected chi connectivity index (χ4v) is 3.00. The molecular weight excluding hydrogens is 208 g/mol. The molecule has 17 heavy (non-hydrogen) atoms. The van der Waals surface area contributed by atoms with Crippen molar-refractivity contribution in [3.05, 3.63) is 30.1 Å². The molecule has 0 aromatic carbocycles.